The third kappa shape index (κ3) is 4.37. The molecule has 0 radical (unpaired) electrons. The van der Waals surface area contributed by atoms with Crippen molar-refractivity contribution in [3.63, 3.8) is 0 Å². The highest BCUT2D eigenvalue weighted by Crippen LogP contribution is 2.25. The van der Waals surface area contributed by atoms with Crippen LogP contribution in [0, 0.1) is 30.9 Å². The van der Waals surface area contributed by atoms with Crippen LogP contribution < -0.4 is 5.32 Å². The number of hydrogen-bond donors (Lipinski definition) is 1. The second-order valence-electron chi connectivity index (χ2n) is 6.30. The first-order chi connectivity index (χ1) is 13.3. The lowest BCUT2D eigenvalue weighted by Gasteiger charge is -2.12. The summed E-state index contributed by atoms with van der Waals surface area (Å²) in [6.45, 7) is 5.89. The molecule has 2 aromatic carbocycles. The van der Waals surface area contributed by atoms with Crippen LogP contribution in [0.15, 0.2) is 47.6 Å². The first-order valence-corrected chi connectivity index (χ1v) is 9.50. The van der Waals surface area contributed by atoms with Gasteiger partial charge in [0.15, 0.2) is 5.16 Å². The summed E-state index contributed by atoms with van der Waals surface area (Å²) in [4.78, 5) is 22.6. The van der Waals surface area contributed by atoms with Gasteiger partial charge in [-0.15, -0.1) is 10.2 Å². The Hall–Kier alpha value is -3.20. The first kappa shape index (κ1) is 19.6. The molecule has 8 nitrogen and oxygen atoms in total. The fraction of sp³-hybridized carbons (Fsp3) is 0.211. The van der Waals surface area contributed by atoms with Crippen LogP contribution in [0.2, 0.25) is 0 Å². The number of rotatable bonds is 6. The molecule has 0 spiro atoms. The number of non-ortho nitro benzene ring substituents is 1. The molecule has 0 saturated heterocycles. The molecule has 3 aromatic rings. The number of anilines is 1. The Morgan fingerprint density at radius 3 is 2.71 bits per heavy atom. The highest BCUT2D eigenvalue weighted by atomic mass is 32.2. The van der Waals surface area contributed by atoms with Crippen molar-refractivity contribution >= 4 is 29.0 Å². The van der Waals surface area contributed by atoms with Crippen molar-refractivity contribution in [3.8, 4) is 5.69 Å². The van der Waals surface area contributed by atoms with E-state index in [1.165, 1.54) is 30.0 Å². The maximum atomic E-state index is 12.3. The molecule has 0 saturated carbocycles. The fourth-order valence-corrected chi connectivity index (χ4v) is 3.49. The molecule has 9 heteroatoms. The van der Waals surface area contributed by atoms with E-state index in [0.29, 0.717) is 10.8 Å². The number of thioether (sulfide) groups is 1. The maximum absolute atomic E-state index is 12.3. The summed E-state index contributed by atoms with van der Waals surface area (Å²) in [6, 6.07) is 12.0. The second kappa shape index (κ2) is 8.22. The molecule has 0 aliphatic heterocycles. The van der Waals surface area contributed by atoms with Gasteiger partial charge in [-0.25, -0.2) is 0 Å². The minimum atomic E-state index is -0.500. The zero-order chi connectivity index (χ0) is 20.3. The van der Waals surface area contributed by atoms with Gasteiger partial charge in [0, 0.05) is 17.8 Å². The molecule has 1 amide bonds. The topological polar surface area (TPSA) is 103 Å². The predicted octanol–water partition coefficient (Wildman–Crippen LogP) is 3.83. The number of nitrogens with zero attached hydrogens (tertiary/aromatic N) is 4. The summed E-state index contributed by atoms with van der Waals surface area (Å²) in [5.74, 6) is 0.556. The van der Waals surface area contributed by atoms with Gasteiger partial charge >= 0.3 is 0 Å². The highest BCUT2D eigenvalue weighted by molar-refractivity contribution is 7.99. The van der Waals surface area contributed by atoms with Crippen LogP contribution in [-0.2, 0) is 4.79 Å². The number of nitro groups is 1. The third-order valence-electron chi connectivity index (χ3n) is 4.07. The van der Waals surface area contributed by atoms with Gasteiger partial charge < -0.3 is 5.32 Å². The minimum Gasteiger partial charge on any atom is -0.325 e. The van der Waals surface area contributed by atoms with E-state index < -0.39 is 4.92 Å². The first-order valence-electron chi connectivity index (χ1n) is 8.52. The van der Waals surface area contributed by atoms with E-state index in [1.54, 1.807) is 6.07 Å². The molecule has 1 N–H and O–H groups in total. The monoisotopic (exact) mass is 397 g/mol. The molecule has 0 atom stereocenters. The number of carbonyl (C=O) groups is 1. The van der Waals surface area contributed by atoms with Gasteiger partial charge in [-0.05, 0) is 44.0 Å². The summed E-state index contributed by atoms with van der Waals surface area (Å²) in [6.07, 6.45) is 0. The largest absolute Gasteiger partial charge is 0.325 e. The van der Waals surface area contributed by atoms with E-state index in [2.05, 4.69) is 21.6 Å². The minimum absolute atomic E-state index is 0.0734. The number of aryl methyl sites for hydroxylation is 3. The number of hydrogen-bond acceptors (Lipinski definition) is 6. The molecule has 0 aliphatic carbocycles. The summed E-state index contributed by atoms with van der Waals surface area (Å²) in [7, 11) is 0. The van der Waals surface area contributed by atoms with Crippen LogP contribution >= 0.6 is 11.8 Å². The van der Waals surface area contributed by atoms with Crippen LogP contribution in [0.3, 0.4) is 0 Å². The molecule has 0 bridgehead atoms. The van der Waals surface area contributed by atoms with Crippen LogP contribution in [0.4, 0.5) is 11.4 Å². The van der Waals surface area contributed by atoms with Crippen molar-refractivity contribution in [3.05, 3.63) is 69.5 Å². The van der Waals surface area contributed by atoms with Crippen molar-refractivity contribution in [2.24, 2.45) is 0 Å². The lowest BCUT2D eigenvalue weighted by atomic mass is 10.1. The van der Waals surface area contributed by atoms with E-state index in [1.807, 2.05) is 37.5 Å². The molecule has 3 rings (SSSR count). The molecule has 28 heavy (non-hydrogen) atoms. The summed E-state index contributed by atoms with van der Waals surface area (Å²) >= 11 is 1.26. The van der Waals surface area contributed by atoms with Crippen LogP contribution in [-0.4, -0.2) is 31.3 Å². The van der Waals surface area contributed by atoms with Crippen molar-refractivity contribution in [2.45, 2.75) is 25.9 Å². The predicted molar refractivity (Wildman–Crippen MR) is 108 cm³/mol. The van der Waals surface area contributed by atoms with Gasteiger partial charge in [0.25, 0.3) is 5.69 Å². The Balaban J connectivity index is 1.73. The molecule has 144 valence electrons. The number of aromatic nitrogens is 3. The van der Waals surface area contributed by atoms with Crippen LogP contribution in [0.5, 0.6) is 0 Å². The zero-order valence-electron chi connectivity index (χ0n) is 15.7. The third-order valence-corrected chi connectivity index (χ3v) is 5.00. The molecule has 0 fully saturated rings. The van der Waals surface area contributed by atoms with E-state index in [9.17, 15) is 14.9 Å². The standard InChI is InChI=1S/C19H19N5O3S/c1-12-7-8-13(2)17(9-12)23-14(3)21-22-19(23)28-11-18(25)20-15-5-4-6-16(10-15)24(26)27/h4-10H,11H2,1-3H3,(H,20,25). The van der Waals surface area contributed by atoms with E-state index in [4.69, 9.17) is 0 Å². The van der Waals surface area contributed by atoms with Gasteiger partial charge in [0.1, 0.15) is 5.82 Å². The van der Waals surface area contributed by atoms with Crippen LogP contribution in [0.1, 0.15) is 17.0 Å². The van der Waals surface area contributed by atoms with Gasteiger partial charge in [-0.3, -0.25) is 19.5 Å². The highest BCUT2D eigenvalue weighted by Gasteiger charge is 2.15. The summed E-state index contributed by atoms with van der Waals surface area (Å²) in [5.41, 5.74) is 3.48. The lowest BCUT2D eigenvalue weighted by Crippen LogP contribution is -2.14. The summed E-state index contributed by atoms with van der Waals surface area (Å²) in [5, 5.41) is 22.5. The fourth-order valence-electron chi connectivity index (χ4n) is 2.70. The van der Waals surface area contributed by atoms with Gasteiger partial charge in [0.2, 0.25) is 5.91 Å². The number of nitro benzene ring substituents is 1. The van der Waals surface area contributed by atoms with Crippen molar-refractivity contribution in [1.82, 2.24) is 14.8 Å². The zero-order valence-corrected chi connectivity index (χ0v) is 16.5. The Bertz CT molecular complexity index is 1050. The van der Waals surface area contributed by atoms with Gasteiger partial charge in [-0.1, -0.05) is 30.0 Å². The molecular weight excluding hydrogens is 378 g/mol. The van der Waals surface area contributed by atoms with Gasteiger partial charge in [-0.2, -0.15) is 0 Å². The summed E-state index contributed by atoms with van der Waals surface area (Å²) < 4.78 is 1.92. The smallest absolute Gasteiger partial charge is 0.271 e. The quantitative estimate of drug-likeness (QED) is 0.385. The Labute approximate surface area is 166 Å². The Morgan fingerprint density at radius 2 is 1.96 bits per heavy atom. The maximum Gasteiger partial charge on any atom is 0.271 e. The molecule has 0 unspecified atom stereocenters. The van der Waals surface area contributed by atoms with Crippen molar-refractivity contribution < 1.29 is 9.72 Å². The number of carbonyl (C=O) groups excluding carboxylic acids is 1. The Kier molecular flexibility index (Phi) is 5.74. The number of benzene rings is 2. The lowest BCUT2D eigenvalue weighted by molar-refractivity contribution is -0.384. The molecular formula is C19H19N5O3S. The average molecular weight is 397 g/mol. The van der Waals surface area contributed by atoms with Crippen molar-refractivity contribution in [1.29, 1.82) is 0 Å². The normalized spacial score (nSPS) is 10.7. The molecule has 0 aliphatic rings. The Morgan fingerprint density at radius 1 is 1.18 bits per heavy atom. The second-order valence-corrected chi connectivity index (χ2v) is 7.24. The SMILES string of the molecule is Cc1ccc(C)c(-n2c(C)nnc2SCC(=O)Nc2cccc([N+](=O)[O-])c2)c1. The van der Waals surface area contributed by atoms with E-state index in [-0.39, 0.29) is 17.3 Å². The average Bonchev–Trinajstić information content (AvgIpc) is 3.02. The molecule has 1 aromatic heterocycles. The number of amides is 1. The molecule has 1 heterocycles. The van der Waals surface area contributed by atoms with Crippen molar-refractivity contribution in [2.75, 3.05) is 11.1 Å². The van der Waals surface area contributed by atoms with Crippen LogP contribution in [0.25, 0.3) is 5.69 Å². The van der Waals surface area contributed by atoms with E-state index in [0.717, 1.165) is 22.6 Å². The van der Waals surface area contributed by atoms with Gasteiger partial charge in [0.05, 0.1) is 16.4 Å². The number of nitrogens with one attached hydrogen (secondary N) is 1. The van der Waals surface area contributed by atoms with E-state index >= 15 is 0 Å².